The Kier molecular flexibility index (Phi) is 6.81. The molecule has 1 rings (SSSR count). The lowest BCUT2D eigenvalue weighted by atomic mass is 10.3. The van der Waals surface area contributed by atoms with Crippen LogP contribution in [0.2, 0.25) is 0 Å². The van der Waals surface area contributed by atoms with E-state index >= 15 is 0 Å². The van der Waals surface area contributed by atoms with Crippen LogP contribution in [0.1, 0.15) is 30.8 Å². The smallest absolute Gasteiger partial charge is 0.270 e. The Labute approximate surface area is 114 Å². The van der Waals surface area contributed by atoms with Crippen LogP contribution in [0.4, 0.5) is 5.82 Å². The van der Waals surface area contributed by atoms with Crippen molar-refractivity contribution in [2.24, 2.45) is 0 Å². The fourth-order valence-electron chi connectivity index (χ4n) is 1.70. The van der Waals surface area contributed by atoms with Crippen LogP contribution < -0.4 is 10.2 Å². The van der Waals surface area contributed by atoms with Crippen LogP contribution in [0.25, 0.3) is 0 Å². The van der Waals surface area contributed by atoms with Crippen LogP contribution in [0.3, 0.4) is 0 Å². The van der Waals surface area contributed by atoms with Gasteiger partial charge in [0.1, 0.15) is 17.8 Å². The maximum Gasteiger partial charge on any atom is 0.270 e. The molecule has 0 fully saturated rings. The predicted octanol–water partition coefficient (Wildman–Crippen LogP) is 1.09. The normalized spacial score (nSPS) is 10.3. The molecule has 0 saturated heterocycles. The lowest BCUT2D eigenvalue weighted by Crippen LogP contribution is -2.27. The Balaban J connectivity index is 2.62. The third-order valence-corrected chi connectivity index (χ3v) is 2.78. The molecule has 0 spiro atoms. The van der Waals surface area contributed by atoms with Gasteiger partial charge in [-0.1, -0.05) is 0 Å². The van der Waals surface area contributed by atoms with Gasteiger partial charge in [-0.2, -0.15) is 0 Å². The van der Waals surface area contributed by atoms with Gasteiger partial charge in [-0.05, 0) is 20.3 Å². The first-order valence-electron chi connectivity index (χ1n) is 6.57. The number of ether oxygens (including phenoxy) is 1. The number of rotatable bonds is 8. The highest BCUT2D eigenvalue weighted by molar-refractivity contribution is 5.92. The fourth-order valence-corrected chi connectivity index (χ4v) is 1.70. The van der Waals surface area contributed by atoms with Crippen molar-refractivity contribution in [3.05, 3.63) is 18.1 Å². The highest BCUT2D eigenvalue weighted by Gasteiger charge is 2.10. The molecule has 6 heteroatoms. The maximum absolute atomic E-state index is 11.9. The number of hydrogen-bond donors (Lipinski definition) is 1. The minimum absolute atomic E-state index is 0.174. The van der Waals surface area contributed by atoms with Gasteiger partial charge in [0.2, 0.25) is 0 Å². The molecule has 0 unspecified atom stereocenters. The molecule has 0 atom stereocenters. The Morgan fingerprint density at radius 1 is 1.37 bits per heavy atom. The monoisotopic (exact) mass is 266 g/mol. The van der Waals surface area contributed by atoms with E-state index in [0.29, 0.717) is 18.8 Å². The Morgan fingerprint density at radius 2 is 2.11 bits per heavy atom. The zero-order valence-electron chi connectivity index (χ0n) is 11.8. The largest absolute Gasteiger partial charge is 0.385 e. The first-order chi connectivity index (χ1) is 9.22. The van der Waals surface area contributed by atoms with Crippen molar-refractivity contribution in [1.29, 1.82) is 0 Å². The van der Waals surface area contributed by atoms with Crippen molar-refractivity contribution in [3.63, 3.8) is 0 Å². The summed E-state index contributed by atoms with van der Waals surface area (Å²) in [5, 5.41) is 2.81. The van der Waals surface area contributed by atoms with Crippen LogP contribution in [0.15, 0.2) is 12.4 Å². The SMILES string of the molecule is CCN(CC)c1cc(C(=O)NCCCOC)ncn1. The number of hydrogen-bond acceptors (Lipinski definition) is 5. The molecule has 0 saturated carbocycles. The van der Waals surface area contributed by atoms with E-state index in [1.165, 1.54) is 6.33 Å². The van der Waals surface area contributed by atoms with Crippen LogP contribution in [0.5, 0.6) is 0 Å². The van der Waals surface area contributed by atoms with Crippen molar-refractivity contribution in [2.75, 3.05) is 38.3 Å². The van der Waals surface area contributed by atoms with Crippen LogP contribution in [0, 0.1) is 0 Å². The summed E-state index contributed by atoms with van der Waals surface area (Å²) in [5.74, 6) is 0.606. The number of aromatic nitrogens is 2. The lowest BCUT2D eigenvalue weighted by molar-refractivity contribution is 0.0943. The summed E-state index contributed by atoms with van der Waals surface area (Å²) >= 11 is 0. The van der Waals surface area contributed by atoms with Crippen LogP contribution >= 0.6 is 0 Å². The molecule has 1 heterocycles. The van der Waals surface area contributed by atoms with E-state index in [1.807, 2.05) is 0 Å². The second-order valence-corrected chi connectivity index (χ2v) is 4.04. The quantitative estimate of drug-likeness (QED) is 0.713. The molecule has 1 aromatic rings. The molecule has 0 aromatic carbocycles. The maximum atomic E-state index is 11.9. The summed E-state index contributed by atoms with van der Waals surface area (Å²) in [6.07, 6.45) is 2.22. The first kappa shape index (κ1) is 15.4. The second-order valence-electron chi connectivity index (χ2n) is 4.04. The zero-order valence-corrected chi connectivity index (χ0v) is 11.8. The molecular weight excluding hydrogens is 244 g/mol. The summed E-state index contributed by atoms with van der Waals surface area (Å²) in [6.45, 7) is 7.02. The third-order valence-electron chi connectivity index (χ3n) is 2.78. The molecule has 1 N–H and O–H groups in total. The first-order valence-corrected chi connectivity index (χ1v) is 6.57. The van der Waals surface area contributed by atoms with Gasteiger partial charge < -0.3 is 15.0 Å². The molecule has 6 nitrogen and oxygen atoms in total. The molecule has 0 aliphatic rings. The molecular formula is C13H22N4O2. The molecule has 1 amide bonds. The summed E-state index contributed by atoms with van der Waals surface area (Å²) in [4.78, 5) is 22.2. The summed E-state index contributed by atoms with van der Waals surface area (Å²) in [6, 6.07) is 1.72. The number of anilines is 1. The van der Waals surface area contributed by atoms with Gasteiger partial charge in [-0.25, -0.2) is 9.97 Å². The van der Waals surface area contributed by atoms with Gasteiger partial charge in [0.05, 0.1) is 0 Å². The van der Waals surface area contributed by atoms with Gasteiger partial charge >= 0.3 is 0 Å². The average Bonchev–Trinajstić information content (AvgIpc) is 2.45. The molecule has 0 aliphatic carbocycles. The summed E-state index contributed by atoms with van der Waals surface area (Å²) < 4.78 is 4.93. The number of carbonyl (C=O) groups is 1. The van der Waals surface area contributed by atoms with Gasteiger partial charge in [-0.15, -0.1) is 0 Å². The topological polar surface area (TPSA) is 67.4 Å². The Morgan fingerprint density at radius 3 is 2.74 bits per heavy atom. The van der Waals surface area contributed by atoms with Crippen molar-refractivity contribution >= 4 is 11.7 Å². The molecule has 0 aliphatic heterocycles. The predicted molar refractivity (Wildman–Crippen MR) is 74.4 cm³/mol. The van der Waals surface area contributed by atoms with Crippen molar-refractivity contribution in [2.45, 2.75) is 20.3 Å². The van der Waals surface area contributed by atoms with Crippen molar-refractivity contribution < 1.29 is 9.53 Å². The van der Waals surface area contributed by atoms with E-state index in [1.54, 1.807) is 13.2 Å². The number of carbonyl (C=O) groups excluding carboxylic acids is 1. The number of nitrogens with one attached hydrogen (secondary N) is 1. The summed E-state index contributed by atoms with van der Waals surface area (Å²) in [7, 11) is 1.64. The number of methoxy groups -OCH3 is 1. The Bertz CT molecular complexity index is 394. The van der Waals surface area contributed by atoms with Crippen molar-refractivity contribution in [3.8, 4) is 0 Å². The van der Waals surface area contributed by atoms with E-state index in [4.69, 9.17) is 4.74 Å². The van der Waals surface area contributed by atoms with Crippen LogP contribution in [-0.4, -0.2) is 49.2 Å². The highest BCUT2D eigenvalue weighted by Crippen LogP contribution is 2.10. The molecule has 19 heavy (non-hydrogen) atoms. The van der Waals surface area contributed by atoms with E-state index in [-0.39, 0.29) is 5.91 Å². The molecule has 0 bridgehead atoms. The summed E-state index contributed by atoms with van der Waals surface area (Å²) in [5.41, 5.74) is 0.398. The second kappa shape index (κ2) is 8.42. The molecule has 1 aromatic heterocycles. The van der Waals surface area contributed by atoms with E-state index in [9.17, 15) is 4.79 Å². The van der Waals surface area contributed by atoms with E-state index in [0.717, 1.165) is 25.3 Å². The number of nitrogens with zero attached hydrogens (tertiary/aromatic N) is 3. The van der Waals surface area contributed by atoms with E-state index < -0.39 is 0 Å². The standard InChI is InChI=1S/C13H22N4O2/c1-4-17(5-2)12-9-11(15-10-16-12)13(18)14-7-6-8-19-3/h9-10H,4-8H2,1-3H3,(H,14,18). The highest BCUT2D eigenvalue weighted by atomic mass is 16.5. The average molecular weight is 266 g/mol. The zero-order chi connectivity index (χ0) is 14.1. The van der Waals surface area contributed by atoms with Crippen molar-refractivity contribution in [1.82, 2.24) is 15.3 Å². The Hall–Kier alpha value is -1.69. The van der Waals surface area contributed by atoms with Gasteiger partial charge in [0.15, 0.2) is 0 Å². The van der Waals surface area contributed by atoms with Crippen LogP contribution in [-0.2, 0) is 4.74 Å². The van der Waals surface area contributed by atoms with E-state index in [2.05, 4.69) is 34.0 Å². The fraction of sp³-hybridized carbons (Fsp3) is 0.615. The molecule has 106 valence electrons. The minimum Gasteiger partial charge on any atom is -0.385 e. The number of amides is 1. The van der Waals surface area contributed by atoms with Gasteiger partial charge in [0, 0.05) is 39.4 Å². The van der Waals surface area contributed by atoms with Gasteiger partial charge in [-0.3, -0.25) is 4.79 Å². The lowest BCUT2D eigenvalue weighted by Gasteiger charge is -2.19. The third kappa shape index (κ3) is 4.82. The minimum atomic E-state index is -0.174. The molecule has 0 radical (unpaired) electrons. The van der Waals surface area contributed by atoms with Gasteiger partial charge in [0.25, 0.3) is 5.91 Å².